The third-order valence-electron chi connectivity index (χ3n) is 3.71. The standard InChI is InChI=1S/C13H17BrFNO3S/c1-8-3-2-4-11(8)16-20(18,19)12-6-10(14)5-9(7-17)13(12)15/h5-6,8,11,16-17H,2-4,7H2,1H3. The van der Waals surface area contributed by atoms with E-state index in [1.807, 2.05) is 6.92 Å². The molecule has 20 heavy (non-hydrogen) atoms. The lowest BCUT2D eigenvalue weighted by atomic mass is 10.1. The normalized spacial score (nSPS) is 23.2. The number of aliphatic hydroxyl groups is 1. The summed E-state index contributed by atoms with van der Waals surface area (Å²) in [6.45, 7) is 1.43. The fourth-order valence-electron chi connectivity index (χ4n) is 2.51. The summed E-state index contributed by atoms with van der Waals surface area (Å²) < 4.78 is 41.8. The molecule has 2 N–H and O–H groups in total. The molecule has 1 aromatic carbocycles. The summed E-state index contributed by atoms with van der Waals surface area (Å²) in [6, 6.07) is 2.43. The van der Waals surface area contributed by atoms with Crippen molar-refractivity contribution in [3.05, 3.63) is 28.0 Å². The quantitative estimate of drug-likeness (QED) is 0.861. The maximum absolute atomic E-state index is 14.1. The summed E-state index contributed by atoms with van der Waals surface area (Å²) in [5, 5.41) is 9.08. The molecule has 0 amide bonds. The Morgan fingerprint density at radius 1 is 1.45 bits per heavy atom. The minimum absolute atomic E-state index is 0.0424. The number of benzene rings is 1. The van der Waals surface area contributed by atoms with Gasteiger partial charge in [-0.3, -0.25) is 0 Å². The van der Waals surface area contributed by atoms with Gasteiger partial charge in [0.25, 0.3) is 0 Å². The van der Waals surface area contributed by atoms with Gasteiger partial charge in [-0.15, -0.1) is 0 Å². The van der Waals surface area contributed by atoms with Crippen LogP contribution in [-0.2, 0) is 16.6 Å². The summed E-state index contributed by atoms with van der Waals surface area (Å²) in [4.78, 5) is -0.421. The second kappa shape index (κ2) is 6.09. The van der Waals surface area contributed by atoms with E-state index in [1.165, 1.54) is 12.1 Å². The zero-order valence-corrected chi connectivity index (χ0v) is 13.5. The van der Waals surface area contributed by atoms with Crippen molar-refractivity contribution in [2.24, 2.45) is 5.92 Å². The molecule has 1 aromatic rings. The average molecular weight is 366 g/mol. The monoisotopic (exact) mass is 365 g/mol. The summed E-state index contributed by atoms with van der Waals surface area (Å²) in [7, 11) is -3.93. The smallest absolute Gasteiger partial charge is 0.243 e. The van der Waals surface area contributed by atoms with E-state index in [-0.39, 0.29) is 17.5 Å². The van der Waals surface area contributed by atoms with Crippen molar-refractivity contribution in [3.8, 4) is 0 Å². The zero-order valence-electron chi connectivity index (χ0n) is 11.1. The van der Waals surface area contributed by atoms with Gasteiger partial charge in [0.05, 0.1) is 6.61 Å². The average Bonchev–Trinajstić information content (AvgIpc) is 2.76. The summed E-state index contributed by atoms with van der Waals surface area (Å²) in [6.07, 6.45) is 2.70. The van der Waals surface area contributed by atoms with Crippen LogP contribution in [0.2, 0.25) is 0 Å². The van der Waals surface area contributed by atoms with E-state index in [4.69, 9.17) is 5.11 Å². The van der Waals surface area contributed by atoms with Gasteiger partial charge >= 0.3 is 0 Å². The van der Waals surface area contributed by atoms with E-state index in [9.17, 15) is 12.8 Å². The third-order valence-corrected chi connectivity index (χ3v) is 5.65. The molecular formula is C13H17BrFNO3S. The van der Waals surface area contributed by atoms with E-state index in [2.05, 4.69) is 20.7 Å². The molecule has 2 unspecified atom stereocenters. The van der Waals surface area contributed by atoms with Gasteiger partial charge in [-0.2, -0.15) is 0 Å². The SMILES string of the molecule is CC1CCCC1NS(=O)(=O)c1cc(Br)cc(CO)c1F. The zero-order chi connectivity index (χ0) is 14.9. The lowest BCUT2D eigenvalue weighted by Gasteiger charge is -2.18. The molecule has 0 aliphatic heterocycles. The molecule has 0 aromatic heterocycles. The molecule has 0 spiro atoms. The number of hydrogen-bond acceptors (Lipinski definition) is 3. The van der Waals surface area contributed by atoms with Crippen molar-refractivity contribution in [2.45, 2.75) is 43.7 Å². The molecule has 112 valence electrons. The van der Waals surface area contributed by atoms with E-state index in [0.717, 1.165) is 19.3 Å². The number of sulfonamides is 1. The fourth-order valence-corrected chi connectivity index (χ4v) is 4.69. The van der Waals surface area contributed by atoms with Crippen LogP contribution >= 0.6 is 15.9 Å². The molecule has 0 heterocycles. The van der Waals surface area contributed by atoms with Crippen molar-refractivity contribution >= 4 is 26.0 Å². The van der Waals surface area contributed by atoms with Crippen LogP contribution in [0.3, 0.4) is 0 Å². The Bertz CT molecular complexity index is 606. The molecule has 1 saturated carbocycles. The molecule has 0 saturated heterocycles. The lowest BCUT2D eigenvalue weighted by Crippen LogP contribution is -2.36. The second-order valence-electron chi connectivity index (χ2n) is 5.17. The van der Waals surface area contributed by atoms with Gasteiger partial charge in [0.1, 0.15) is 10.7 Å². The first-order valence-electron chi connectivity index (χ1n) is 6.46. The van der Waals surface area contributed by atoms with Crippen molar-refractivity contribution < 1.29 is 17.9 Å². The Labute approximate surface area is 126 Å². The number of nitrogens with one attached hydrogen (secondary N) is 1. The van der Waals surface area contributed by atoms with Crippen molar-refractivity contribution in [2.75, 3.05) is 0 Å². The van der Waals surface area contributed by atoms with Gasteiger partial charge in [0, 0.05) is 16.1 Å². The van der Waals surface area contributed by atoms with Gasteiger partial charge in [-0.25, -0.2) is 17.5 Å². The van der Waals surface area contributed by atoms with E-state index in [0.29, 0.717) is 4.47 Å². The second-order valence-corrected chi connectivity index (χ2v) is 7.77. The predicted octanol–water partition coefficient (Wildman–Crippen LogP) is 2.55. The van der Waals surface area contributed by atoms with Gasteiger partial charge in [0.2, 0.25) is 10.0 Å². The Kier molecular flexibility index (Phi) is 4.84. The molecule has 2 atom stereocenters. The molecule has 1 fully saturated rings. The lowest BCUT2D eigenvalue weighted by molar-refractivity contribution is 0.274. The van der Waals surface area contributed by atoms with Gasteiger partial charge < -0.3 is 5.11 Å². The molecule has 7 heteroatoms. The van der Waals surface area contributed by atoms with Gasteiger partial charge in [0.15, 0.2) is 0 Å². The minimum Gasteiger partial charge on any atom is -0.392 e. The van der Waals surface area contributed by atoms with E-state index in [1.54, 1.807) is 0 Å². The van der Waals surface area contributed by atoms with E-state index >= 15 is 0 Å². The van der Waals surface area contributed by atoms with Crippen LogP contribution in [0, 0.1) is 11.7 Å². The summed E-state index contributed by atoms with van der Waals surface area (Å²) in [5.74, 6) is -0.647. The minimum atomic E-state index is -3.93. The summed E-state index contributed by atoms with van der Waals surface area (Å²) >= 11 is 3.14. The Morgan fingerprint density at radius 3 is 2.70 bits per heavy atom. The number of hydrogen-bond donors (Lipinski definition) is 2. The number of halogens is 2. The highest BCUT2D eigenvalue weighted by Gasteiger charge is 2.30. The highest BCUT2D eigenvalue weighted by atomic mass is 79.9. The third kappa shape index (κ3) is 3.21. The highest BCUT2D eigenvalue weighted by Crippen LogP contribution is 2.28. The predicted molar refractivity (Wildman–Crippen MR) is 77.1 cm³/mol. The molecule has 1 aliphatic carbocycles. The Hall–Kier alpha value is -0.500. The van der Waals surface area contributed by atoms with Crippen LogP contribution in [0.1, 0.15) is 31.7 Å². The largest absolute Gasteiger partial charge is 0.392 e. The van der Waals surface area contributed by atoms with Crippen LogP contribution in [0.15, 0.2) is 21.5 Å². The van der Waals surface area contributed by atoms with Crippen LogP contribution < -0.4 is 4.72 Å². The van der Waals surface area contributed by atoms with Crippen LogP contribution in [-0.4, -0.2) is 19.6 Å². The highest BCUT2D eigenvalue weighted by molar-refractivity contribution is 9.10. The van der Waals surface area contributed by atoms with Crippen molar-refractivity contribution in [1.29, 1.82) is 0 Å². The topological polar surface area (TPSA) is 66.4 Å². The first-order chi connectivity index (χ1) is 9.35. The first-order valence-corrected chi connectivity index (χ1v) is 8.74. The fraction of sp³-hybridized carbons (Fsp3) is 0.538. The molecule has 4 nitrogen and oxygen atoms in total. The molecular weight excluding hydrogens is 349 g/mol. The van der Waals surface area contributed by atoms with Crippen LogP contribution in [0.4, 0.5) is 4.39 Å². The maximum Gasteiger partial charge on any atom is 0.243 e. The van der Waals surface area contributed by atoms with Crippen molar-refractivity contribution in [3.63, 3.8) is 0 Å². The Morgan fingerprint density at radius 2 is 2.15 bits per heavy atom. The van der Waals surface area contributed by atoms with Crippen LogP contribution in [0.25, 0.3) is 0 Å². The van der Waals surface area contributed by atoms with Crippen molar-refractivity contribution in [1.82, 2.24) is 4.72 Å². The van der Waals surface area contributed by atoms with Gasteiger partial charge in [-0.1, -0.05) is 29.3 Å². The number of aliphatic hydroxyl groups excluding tert-OH is 1. The molecule has 0 radical (unpaired) electrons. The Balaban J connectivity index is 2.36. The maximum atomic E-state index is 14.1. The molecule has 2 rings (SSSR count). The van der Waals surface area contributed by atoms with Gasteiger partial charge in [-0.05, 0) is 30.9 Å². The molecule has 0 bridgehead atoms. The van der Waals surface area contributed by atoms with E-state index < -0.39 is 27.3 Å². The number of rotatable bonds is 4. The van der Waals surface area contributed by atoms with Crippen LogP contribution in [0.5, 0.6) is 0 Å². The first kappa shape index (κ1) is 15.9. The molecule has 1 aliphatic rings. The summed E-state index contributed by atoms with van der Waals surface area (Å²) in [5.41, 5.74) is -0.0424.